The first-order chi connectivity index (χ1) is 10.1. The van der Waals surface area contributed by atoms with Crippen molar-refractivity contribution in [3.8, 4) is 0 Å². The van der Waals surface area contributed by atoms with Gasteiger partial charge in [0.05, 0.1) is 4.90 Å². The highest BCUT2D eigenvalue weighted by atomic mass is 32.2. The predicted molar refractivity (Wildman–Crippen MR) is 84.0 cm³/mol. The van der Waals surface area contributed by atoms with E-state index < -0.39 is 15.1 Å². The second kappa shape index (κ2) is 7.74. The lowest BCUT2D eigenvalue weighted by molar-refractivity contribution is -0.118. The van der Waals surface area contributed by atoms with Gasteiger partial charge in [0.25, 0.3) is 0 Å². The fourth-order valence-corrected chi connectivity index (χ4v) is 4.74. The highest BCUT2D eigenvalue weighted by Gasteiger charge is 2.32. The van der Waals surface area contributed by atoms with Crippen LogP contribution in [0.15, 0.2) is 35.2 Å². The van der Waals surface area contributed by atoms with Crippen molar-refractivity contribution in [2.24, 2.45) is 0 Å². The molecule has 1 aromatic rings. The quantitative estimate of drug-likeness (QED) is 0.832. The maximum absolute atomic E-state index is 12.7. The summed E-state index contributed by atoms with van der Waals surface area (Å²) in [5.41, 5.74) is 0. The van der Waals surface area contributed by atoms with Crippen LogP contribution in [-0.4, -0.2) is 19.5 Å². The van der Waals surface area contributed by atoms with Gasteiger partial charge in [-0.05, 0) is 25.0 Å². The second-order valence-corrected chi connectivity index (χ2v) is 7.96. The summed E-state index contributed by atoms with van der Waals surface area (Å²) in [6.07, 6.45) is 8.06. The minimum absolute atomic E-state index is 0.0965. The summed E-state index contributed by atoms with van der Waals surface area (Å²) in [6.45, 7) is 0. The number of sulfone groups is 1. The summed E-state index contributed by atoms with van der Waals surface area (Å²) in [7, 11) is -3.54. The van der Waals surface area contributed by atoms with Crippen molar-refractivity contribution in [2.75, 3.05) is 0 Å². The number of hydrogen-bond donors (Lipinski definition) is 0. The van der Waals surface area contributed by atoms with Gasteiger partial charge >= 0.3 is 0 Å². The lowest BCUT2D eigenvalue weighted by Crippen LogP contribution is -2.30. The van der Waals surface area contributed by atoms with Crippen LogP contribution in [0.3, 0.4) is 0 Å². The van der Waals surface area contributed by atoms with Crippen molar-refractivity contribution < 1.29 is 13.2 Å². The third-order valence-electron chi connectivity index (χ3n) is 4.19. The zero-order chi connectivity index (χ0) is 15.1. The average Bonchev–Trinajstić information content (AvgIpc) is 2.53. The number of Topliss-reactive ketones (excluding diaryl/α,β-unsaturated/α-hetero) is 1. The molecule has 2 rings (SSSR count). The van der Waals surface area contributed by atoms with Gasteiger partial charge in [0.2, 0.25) is 0 Å². The van der Waals surface area contributed by atoms with Crippen molar-refractivity contribution in [1.29, 1.82) is 0 Å². The number of carbonyl (C=O) groups excluding carboxylic acids is 1. The van der Waals surface area contributed by atoms with Gasteiger partial charge in [-0.25, -0.2) is 8.42 Å². The van der Waals surface area contributed by atoms with E-state index in [4.69, 9.17) is 0 Å². The molecule has 0 radical (unpaired) electrons. The topological polar surface area (TPSA) is 51.2 Å². The van der Waals surface area contributed by atoms with Gasteiger partial charge in [0.15, 0.2) is 15.6 Å². The fourth-order valence-electron chi connectivity index (χ4n) is 2.94. The normalized spacial score (nSPS) is 22.5. The van der Waals surface area contributed by atoms with E-state index in [0.717, 1.165) is 38.5 Å². The van der Waals surface area contributed by atoms with E-state index >= 15 is 0 Å². The van der Waals surface area contributed by atoms with Crippen LogP contribution in [0.4, 0.5) is 0 Å². The molecule has 0 N–H and O–H groups in total. The Hall–Kier alpha value is -1.16. The molecule has 0 spiro atoms. The van der Waals surface area contributed by atoms with E-state index in [1.54, 1.807) is 30.3 Å². The average molecular weight is 308 g/mol. The third kappa shape index (κ3) is 4.40. The summed E-state index contributed by atoms with van der Waals surface area (Å²) >= 11 is 0. The molecule has 1 fully saturated rings. The Morgan fingerprint density at radius 1 is 0.810 bits per heavy atom. The number of benzene rings is 1. The zero-order valence-corrected chi connectivity index (χ0v) is 13.3. The monoisotopic (exact) mass is 308 g/mol. The number of ketones is 1. The van der Waals surface area contributed by atoms with Crippen LogP contribution >= 0.6 is 0 Å². The lowest BCUT2D eigenvalue weighted by atomic mass is 10.1. The Balaban J connectivity index is 2.21. The molecule has 1 atom stereocenters. The van der Waals surface area contributed by atoms with Gasteiger partial charge in [-0.3, -0.25) is 4.79 Å². The summed E-state index contributed by atoms with van der Waals surface area (Å²) in [5, 5.41) is -0.849. The Bertz CT molecular complexity index is 549. The van der Waals surface area contributed by atoms with Crippen LogP contribution in [0.25, 0.3) is 0 Å². The van der Waals surface area contributed by atoms with Crippen LogP contribution in [0.1, 0.15) is 57.8 Å². The van der Waals surface area contributed by atoms with Crippen LogP contribution in [0, 0.1) is 0 Å². The highest BCUT2D eigenvalue weighted by molar-refractivity contribution is 7.92. The van der Waals surface area contributed by atoms with Crippen LogP contribution in [0.5, 0.6) is 0 Å². The molecule has 21 heavy (non-hydrogen) atoms. The SMILES string of the molecule is O=C1CCCCCCCCCC1S(=O)(=O)c1ccccc1. The third-order valence-corrected chi connectivity index (χ3v) is 6.37. The molecule has 0 saturated heterocycles. The van der Waals surface area contributed by atoms with Crippen molar-refractivity contribution in [3.63, 3.8) is 0 Å². The maximum atomic E-state index is 12.7. The van der Waals surface area contributed by atoms with Gasteiger partial charge in [-0.2, -0.15) is 0 Å². The first-order valence-electron chi connectivity index (χ1n) is 7.94. The van der Waals surface area contributed by atoms with Crippen molar-refractivity contribution in [2.45, 2.75) is 67.9 Å². The van der Waals surface area contributed by atoms with E-state index in [1.807, 2.05) is 0 Å². The van der Waals surface area contributed by atoms with Gasteiger partial charge < -0.3 is 0 Å². The zero-order valence-electron chi connectivity index (χ0n) is 12.5. The Labute approximate surface area is 127 Å². The maximum Gasteiger partial charge on any atom is 0.188 e. The molecular formula is C17H24O3S. The molecule has 0 bridgehead atoms. The van der Waals surface area contributed by atoms with Gasteiger partial charge in [-0.1, -0.05) is 56.7 Å². The van der Waals surface area contributed by atoms with Crippen LogP contribution in [0.2, 0.25) is 0 Å². The van der Waals surface area contributed by atoms with E-state index in [-0.39, 0.29) is 10.7 Å². The second-order valence-electron chi connectivity index (χ2n) is 5.83. The molecule has 1 aliphatic rings. The Morgan fingerprint density at radius 3 is 2.05 bits per heavy atom. The van der Waals surface area contributed by atoms with E-state index in [9.17, 15) is 13.2 Å². The fraction of sp³-hybridized carbons (Fsp3) is 0.588. The molecule has 1 aliphatic carbocycles. The molecular weight excluding hydrogens is 284 g/mol. The standard InChI is InChI=1S/C17H24O3S/c18-16-13-9-4-2-1-3-5-10-14-17(16)21(19,20)15-11-7-6-8-12-15/h6-8,11-12,17H,1-5,9-10,13-14H2. The molecule has 0 aliphatic heterocycles. The van der Waals surface area contributed by atoms with Crippen molar-refractivity contribution >= 4 is 15.6 Å². The molecule has 0 amide bonds. The Morgan fingerprint density at radius 2 is 1.38 bits per heavy atom. The Kier molecular flexibility index (Phi) is 5.97. The van der Waals surface area contributed by atoms with Crippen molar-refractivity contribution in [1.82, 2.24) is 0 Å². The summed E-state index contributed by atoms with van der Waals surface area (Å²) in [6, 6.07) is 8.39. The summed E-state index contributed by atoms with van der Waals surface area (Å²) in [4.78, 5) is 12.7. The van der Waals surface area contributed by atoms with Crippen molar-refractivity contribution in [3.05, 3.63) is 30.3 Å². The van der Waals surface area contributed by atoms with Crippen LogP contribution < -0.4 is 0 Å². The first kappa shape index (κ1) is 16.2. The molecule has 1 aromatic carbocycles. The molecule has 116 valence electrons. The largest absolute Gasteiger partial charge is 0.298 e. The number of hydrogen-bond acceptors (Lipinski definition) is 3. The molecule has 1 saturated carbocycles. The summed E-state index contributed by atoms with van der Waals surface area (Å²) < 4.78 is 25.5. The molecule has 1 unspecified atom stereocenters. The highest BCUT2D eigenvalue weighted by Crippen LogP contribution is 2.24. The number of carbonyl (C=O) groups is 1. The molecule has 4 heteroatoms. The van der Waals surface area contributed by atoms with E-state index in [0.29, 0.717) is 12.8 Å². The smallest absolute Gasteiger partial charge is 0.188 e. The minimum atomic E-state index is -3.54. The van der Waals surface area contributed by atoms with E-state index in [2.05, 4.69) is 0 Å². The molecule has 3 nitrogen and oxygen atoms in total. The molecule has 0 aromatic heterocycles. The summed E-state index contributed by atoms with van der Waals surface area (Å²) in [5.74, 6) is -0.0965. The lowest BCUT2D eigenvalue weighted by Gasteiger charge is -2.16. The van der Waals surface area contributed by atoms with Gasteiger partial charge in [-0.15, -0.1) is 0 Å². The number of rotatable bonds is 2. The van der Waals surface area contributed by atoms with Gasteiger partial charge in [0, 0.05) is 6.42 Å². The first-order valence-corrected chi connectivity index (χ1v) is 9.48. The van der Waals surface area contributed by atoms with Crippen LogP contribution in [-0.2, 0) is 14.6 Å². The van der Waals surface area contributed by atoms with Gasteiger partial charge in [0.1, 0.15) is 5.25 Å². The van der Waals surface area contributed by atoms with E-state index in [1.165, 1.54) is 6.42 Å². The molecule has 0 heterocycles. The minimum Gasteiger partial charge on any atom is -0.298 e. The predicted octanol–water partition coefficient (Wildman–Crippen LogP) is 3.92.